The molecule has 3 rings (SSSR count). The number of rotatable bonds is 3. The highest BCUT2D eigenvalue weighted by molar-refractivity contribution is 9.10. The Labute approximate surface area is 139 Å². The number of carboxylic acids is 1. The number of aromatic carboxylic acids is 1. The smallest absolute Gasteiger partial charge is 0.335 e. The van der Waals surface area contributed by atoms with E-state index in [0.717, 1.165) is 6.07 Å². The Kier molecular flexibility index (Phi) is 3.45. The zero-order valence-corrected chi connectivity index (χ0v) is 13.3. The molecule has 0 aliphatic heterocycles. The molecule has 118 valence electrons. The summed E-state index contributed by atoms with van der Waals surface area (Å²) in [6.07, 6.45) is 0. The highest BCUT2D eigenvalue weighted by Crippen LogP contribution is 2.27. The summed E-state index contributed by atoms with van der Waals surface area (Å²) in [7, 11) is 1.59. The first kappa shape index (κ1) is 14.1. The van der Waals surface area contributed by atoms with Crippen molar-refractivity contribution in [2.75, 3.05) is 5.32 Å². The molecule has 0 aliphatic rings. The van der Waals surface area contributed by atoms with Gasteiger partial charge < -0.3 is 15.0 Å². The molecule has 1 aromatic heterocycles. The summed E-state index contributed by atoms with van der Waals surface area (Å²) < 4.78 is 36.8. The topological polar surface area (TPSA) is 67.2 Å². The molecule has 0 radical (unpaired) electrons. The van der Waals surface area contributed by atoms with E-state index in [-0.39, 0.29) is 22.7 Å². The molecule has 8 heteroatoms. The van der Waals surface area contributed by atoms with Crippen molar-refractivity contribution in [2.24, 2.45) is 7.05 Å². The van der Waals surface area contributed by atoms with Gasteiger partial charge in [-0.3, -0.25) is 0 Å². The minimum Gasteiger partial charge on any atom is -0.478 e. The quantitative estimate of drug-likeness (QED) is 0.716. The first-order chi connectivity index (χ1) is 11.4. The van der Waals surface area contributed by atoms with E-state index in [0.29, 0.717) is 9.99 Å². The fourth-order valence-electron chi connectivity index (χ4n) is 2.19. The number of hydrogen-bond acceptors (Lipinski definition) is 4. The number of nitrogens with one attached hydrogen (secondary N) is 1. The van der Waals surface area contributed by atoms with Gasteiger partial charge in [-0.15, -0.1) is 0 Å². The van der Waals surface area contributed by atoms with Gasteiger partial charge >= 0.3 is 5.97 Å². The number of benzene rings is 2. The van der Waals surface area contributed by atoms with E-state index < -0.39 is 17.6 Å². The van der Waals surface area contributed by atoms with Crippen molar-refractivity contribution >= 4 is 44.6 Å². The lowest BCUT2D eigenvalue weighted by atomic mass is 10.2. The number of anilines is 2. The number of aryl methyl sites for hydroxylation is 1. The maximum Gasteiger partial charge on any atom is 0.335 e. The van der Waals surface area contributed by atoms with Crippen molar-refractivity contribution in [3.8, 4) is 0 Å². The van der Waals surface area contributed by atoms with Gasteiger partial charge in [0.1, 0.15) is 11.3 Å². The zero-order valence-electron chi connectivity index (χ0n) is 12.7. The molecule has 0 aliphatic carbocycles. The van der Waals surface area contributed by atoms with Gasteiger partial charge in [-0.25, -0.2) is 18.6 Å². The van der Waals surface area contributed by atoms with E-state index in [9.17, 15) is 13.6 Å². The van der Waals surface area contributed by atoms with Crippen LogP contribution in [0, 0.1) is 11.6 Å². The predicted molar refractivity (Wildman–Crippen MR) is 85.0 cm³/mol. The van der Waals surface area contributed by atoms with Crippen LogP contribution in [0.5, 0.6) is 0 Å². The summed E-state index contributed by atoms with van der Waals surface area (Å²) in [5.41, 5.74) is 0.372. The van der Waals surface area contributed by atoms with Crippen molar-refractivity contribution in [3.63, 3.8) is 0 Å². The molecule has 0 saturated carbocycles. The summed E-state index contributed by atoms with van der Waals surface area (Å²) >= 11 is 3.16. The highest BCUT2D eigenvalue weighted by atomic mass is 79.9. The molecule has 2 N–H and O–H groups in total. The second-order valence-electron chi connectivity index (χ2n) is 4.86. The maximum absolute atomic E-state index is 14.2. The Morgan fingerprint density at radius 1 is 1.35 bits per heavy atom. The molecule has 2 aromatic carbocycles. The minimum absolute atomic E-state index is 0.0130. The maximum atomic E-state index is 14.2. The van der Waals surface area contributed by atoms with Gasteiger partial charge in [-0.05, 0) is 30.3 Å². The third-order valence-electron chi connectivity index (χ3n) is 3.35. The Hall–Kier alpha value is -2.48. The lowest BCUT2D eigenvalue weighted by Crippen LogP contribution is -2.01. The number of aromatic nitrogens is 2. The molecule has 0 fully saturated rings. The van der Waals surface area contributed by atoms with Gasteiger partial charge in [0.15, 0.2) is 5.82 Å². The van der Waals surface area contributed by atoms with Crippen LogP contribution in [0.25, 0.3) is 12.5 Å². The Balaban J connectivity index is 2.08. The standard InChI is InChI=1S/C15H10BrF2N3O2/c1-21-12-5-7(14(22)23)4-10(18)13(12)20-15(21)19-11-3-2-8(16)6-9(11)17/h2-6H,1H3,(H,19,20)(H,22,23)/i/hD. The van der Waals surface area contributed by atoms with Crippen LogP contribution < -0.4 is 5.32 Å². The fourth-order valence-corrected chi connectivity index (χ4v) is 2.52. The van der Waals surface area contributed by atoms with Crippen LogP contribution >= 0.6 is 15.9 Å². The summed E-state index contributed by atoms with van der Waals surface area (Å²) in [5.74, 6) is -2.03. The van der Waals surface area contributed by atoms with Crippen LogP contribution in [-0.4, -0.2) is 20.6 Å². The van der Waals surface area contributed by atoms with E-state index in [2.05, 4.69) is 31.3 Å². The highest BCUT2D eigenvalue weighted by Gasteiger charge is 2.16. The molecule has 0 spiro atoms. The molecule has 5 nitrogen and oxygen atoms in total. The molecule has 0 unspecified atom stereocenters. The van der Waals surface area contributed by atoms with Gasteiger partial charge in [-0.2, -0.15) is 0 Å². The summed E-state index contributed by atoms with van der Waals surface area (Å²) in [4.78, 5) is 15.5. The normalized spacial score (nSPS) is 11.4. The van der Waals surface area contributed by atoms with Crippen molar-refractivity contribution < 1.29 is 18.7 Å². The number of carboxylic acid groups (broad SMARTS) is 1. The van der Waals surface area contributed by atoms with E-state index in [1.807, 2.05) is 0 Å². The van der Waals surface area contributed by atoms with Crippen molar-refractivity contribution in [3.05, 3.63) is 52.0 Å². The molecule has 0 amide bonds. The van der Waals surface area contributed by atoms with Crippen LogP contribution in [0.1, 0.15) is 10.4 Å². The number of nitrogens with zero attached hydrogens (tertiary/aromatic N) is 2. The molecule has 0 saturated heterocycles. The average Bonchev–Trinajstić information content (AvgIpc) is 2.86. The molecule has 0 atom stereocenters. The van der Waals surface area contributed by atoms with Crippen molar-refractivity contribution in [2.45, 2.75) is 0 Å². The largest absolute Gasteiger partial charge is 0.478 e. The first-order valence-electron chi connectivity index (χ1n) is 6.87. The van der Waals surface area contributed by atoms with Gasteiger partial charge in [0.2, 0.25) is 5.95 Å². The van der Waals surface area contributed by atoms with E-state index in [1.165, 1.54) is 22.8 Å². The summed E-state index contributed by atoms with van der Waals surface area (Å²) in [6, 6.07) is 6.74. The van der Waals surface area contributed by atoms with Gasteiger partial charge in [-0.1, -0.05) is 15.9 Å². The number of fused-ring (bicyclic) bond motifs is 1. The third-order valence-corrected chi connectivity index (χ3v) is 3.85. The molecule has 1 heterocycles. The lowest BCUT2D eigenvalue weighted by molar-refractivity contribution is 0.0696. The summed E-state index contributed by atoms with van der Waals surface area (Å²) in [5, 5.41) is 6.64. The first-order valence-corrected chi connectivity index (χ1v) is 7.25. The number of carbonyl (C=O) groups is 1. The Morgan fingerprint density at radius 3 is 2.83 bits per heavy atom. The van der Waals surface area contributed by atoms with Gasteiger partial charge in [0, 0.05) is 11.5 Å². The second kappa shape index (κ2) is 5.62. The Bertz CT molecular complexity index is 962. The van der Waals surface area contributed by atoms with Crippen molar-refractivity contribution in [1.82, 2.24) is 9.55 Å². The SMILES string of the molecule is [2H]OC(=O)c1cc(F)c2nc(Nc3ccc(Br)cc3F)n(C)c2c1. The number of hydrogen-bond donors (Lipinski definition) is 2. The molecule has 23 heavy (non-hydrogen) atoms. The van der Waals surface area contributed by atoms with Crippen molar-refractivity contribution in [1.29, 1.82) is 1.43 Å². The van der Waals surface area contributed by atoms with E-state index >= 15 is 0 Å². The van der Waals surface area contributed by atoms with E-state index in [1.54, 1.807) is 13.1 Å². The fraction of sp³-hybridized carbons (Fsp3) is 0.0667. The van der Waals surface area contributed by atoms with Gasteiger partial charge in [0.05, 0.1) is 16.8 Å². The zero-order chi connectivity index (χ0) is 17.4. The second-order valence-corrected chi connectivity index (χ2v) is 5.77. The average molecular weight is 383 g/mol. The predicted octanol–water partition coefficient (Wildman–Crippen LogP) is 4.06. The monoisotopic (exact) mass is 382 g/mol. The van der Waals surface area contributed by atoms with Crippen LogP contribution in [-0.2, 0) is 7.05 Å². The molecule has 0 bridgehead atoms. The molecular weight excluding hydrogens is 372 g/mol. The van der Waals surface area contributed by atoms with Crippen LogP contribution in [0.4, 0.5) is 20.4 Å². The lowest BCUT2D eigenvalue weighted by Gasteiger charge is -2.07. The van der Waals surface area contributed by atoms with Crippen LogP contribution in [0.15, 0.2) is 34.8 Å². The van der Waals surface area contributed by atoms with E-state index in [4.69, 9.17) is 1.43 Å². The van der Waals surface area contributed by atoms with Crippen LogP contribution in [0.2, 0.25) is 0 Å². The number of imidazole rings is 1. The van der Waals surface area contributed by atoms with Crippen LogP contribution in [0.3, 0.4) is 0 Å². The third kappa shape index (κ3) is 2.77. The Morgan fingerprint density at radius 2 is 2.13 bits per heavy atom. The number of halogens is 3. The minimum atomic E-state index is -0.981. The summed E-state index contributed by atoms with van der Waals surface area (Å²) in [6.45, 7) is 0. The molecule has 3 aromatic rings. The van der Waals surface area contributed by atoms with Gasteiger partial charge in [0.25, 0.3) is 1.43 Å². The molecular formula is C15H10BrF2N3O2.